The molecule has 0 radical (unpaired) electrons. The molecule has 88 valence electrons. The molecule has 1 N–H and O–H groups in total. The molecule has 2 nitrogen and oxygen atoms in total. The molecule has 0 saturated carbocycles. The predicted octanol–water partition coefficient (Wildman–Crippen LogP) is 2.55. The van der Waals surface area contributed by atoms with Crippen LogP contribution in [0.15, 0.2) is 18.2 Å². The lowest BCUT2D eigenvalue weighted by molar-refractivity contribution is 0.0438. The first-order valence-corrected chi connectivity index (χ1v) is 4.91. The fraction of sp³-hybridized carbons (Fsp3) is 0.417. The molecule has 0 amide bonds. The molecule has 1 atom stereocenters. The van der Waals surface area contributed by atoms with Crippen LogP contribution in [0, 0.1) is 17.0 Å². The van der Waals surface area contributed by atoms with Crippen molar-refractivity contribution in [2.45, 2.75) is 26.9 Å². The summed E-state index contributed by atoms with van der Waals surface area (Å²) in [6, 6.07) is 2.66. The third kappa shape index (κ3) is 2.64. The predicted molar refractivity (Wildman–Crippen MR) is 56.2 cm³/mol. The smallest absolute Gasteiger partial charge is 0.194 e. The Balaban J connectivity index is 3.06. The summed E-state index contributed by atoms with van der Waals surface area (Å²) in [7, 11) is 0. The van der Waals surface area contributed by atoms with Gasteiger partial charge in [0.2, 0.25) is 0 Å². The quantitative estimate of drug-likeness (QED) is 0.790. The molecule has 0 aliphatic rings. The summed E-state index contributed by atoms with van der Waals surface area (Å²) in [5.74, 6) is -2.43. The van der Waals surface area contributed by atoms with E-state index in [1.165, 1.54) is 0 Å². The Morgan fingerprint density at radius 2 is 1.88 bits per heavy atom. The van der Waals surface area contributed by atoms with E-state index in [0.29, 0.717) is 6.07 Å². The van der Waals surface area contributed by atoms with Gasteiger partial charge in [-0.15, -0.1) is 0 Å². The number of hydrogen-bond acceptors (Lipinski definition) is 2. The summed E-state index contributed by atoms with van der Waals surface area (Å²) in [6.07, 6.45) is -1.31. The maximum atomic E-state index is 13.3. The van der Waals surface area contributed by atoms with Gasteiger partial charge < -0.3 is 5.11 Å². The van der Waals surface area contributed by atoms with E-state index >= 15 is 0 Å². The number of hydrogen-bond donors (Lipinski definition) is 1. The van der Waals surface area contributed by atoms with Crippen LogP contribution in [-0.4, -0.2) is 17.0 Å². The minimum atomic E-state index is -1.31. The molecular formula is C12H14F2O2. The first-order valence-electron chi connectivity index (χ1n) is 4.91. The monoisotopic (exact) mass is 228 g/mol. The SMILES string of the molecule is CC(C)(C)C(O)C(=O)c1ccc(F)cc1F. The van der Waals surface area contributed by atoms with E-state index in [2.05, 4.69) is 0 Å². The van der Waals surface area contributed by atoms with Crippen LogP contribution in [0.2, 0.25) is 0 Å². The second-order valence-electron chi connectivity index (χ2n) is 4.76. The average molecular weight is 228 g/mol. The normalized spacial score (nSPS) is 13.6. The fourth-order valence-electron chi connectivity index (χ4n) is 1.23. The second-order valence-corrected chi connectivity index (χ2v) is 4.76. The van der Waals surface area contributed by atoms with E-state index in [9.17, 15) is 18.7 Å². The van der Waals surface area contributed by atoms with Gasteiger partial charge in [-0.3, -0.25) is 4.79 Å². The lowest BCUT2D eigenvalue weighted by atomic mass is 9.84. The topological polar surface area (TPSA) is 37.3 Å². The van der Waals surface area contributed by atoms with Crippen LogP contribution < -0.4 is 0 Å². The van der Waals surface area contributed by atoms with Gasteiger partial charge >= 0.3 is 0 Å². The van der Waals surface area contributed by atoms with Gasteiger partial charge in [0.1, 0.15) is 17.7 Å². The van der Waals surface area contributed by atoms with Crippen molar-refractivity contribution in [3.63, 3.8) is 0 Å². The number of Topliss-reactive ketones (excluding diaryl/α,β-unsaturated/α-hetero) is 1. The lowest BCUT2D eigenvalue weighted by Gasteiger charge is -2.24. The molecule has 0 aliphatic heterocycles. The van der Waals surface area contributed by atoms with E-state index in [-0.39, 0.29) is 5.56 Å². The van der Waals surface area contributed by atoms with Gasteiger partial charge in [0.15, 0.2) is 5.78 Å². The number of carbonyl (C=O) groups is 1. The van der Waals surface area contributed by atoms with Crippen LogP contribution >= 0.6 is 0 Å². The molecule has 0 aliphatic carbocycles. The van der Waals surface area contributed by atoms with Gasteiger partial charge in [-0.1, -0.05) is 20.8 Å². The van der Waals surface area contributed by atoms with Gasteiger partial charge in [-0.05, 0) is 17.5 Å². The minimum Gasteiger partial charge on any atom is -0.384 e. The van der Waals surface area contributed by atoms with E-state index in [4.69, 9.17) is 0 Å². The highest BCUT2D eigenvalue weighted by Crippen LogP contribution is 2.23. The molecule has 0 aromatic heterocycles. The Bertz CT molecular complexity index is 408. The highest BCUT2D eigenvalue weighted by atomic mass is 19.1. The zero-order valence-corrected chi connectivity index (χ0v) is 9.42. The number of halogens is 2. The van der Waals surface area contributed by atoms with Crippen molar-refractivity contribution in [2.24, 2.45) is 5.41 Å². The fourth-order valence-corrected chi connectivity index (χ4v) is 1.23. The van der Waals surface area contributed by atoms with Crippen LogP contribution in [0.5, 0.6) is 0 Å². The van der Waals surface area contributed by atoms with Crippen LogP contribution in [0.4, 0.5) is 8.78 Å². The highest BCUT2D eigenvalue weighted by Gasteiger charge is 2.31. The molecule has 0 saturated heterocycles. The third-order valence-electron chi connectivity index (χ3n) is 2.27. The Hall–Kier alpha value is -1.29. The van der Waals surface area contributed by atoms with Crippen molar-refractivity contribution in [3.05, 3.63) is 35.4 Å². The molecule has 1 unspecified atom stereocenters. The first kappa shape index (κ1) is 12.8. The molecule has 1 aromatic rings. The number of rotatable bonds is 2. The Morgan fingerprint density at radius 3 is 2.31 bits per heavy atom. The average Bonchev–Trinajstić information content (AvgIpc) is 2.14. The zero-order valence-electron chi connectivity index (χ0n) is 9.42. The van der Waals surface area contributed by atoms with Crippen molar-refractivity contribution >= 4 is 5.78 Å². The van der Waals surface area contributed by atoms with Gasteiger partial charge in [0.05, 0.1) is 5.56 Å². The van der Waals surface area contributed by atoms with Crippen molar-refractivity contribution < 1.29 is 18.7 Å². The third-order valence-corrected chi connectivity index (χ3v) is 2.27. The van der Waals surface area contributed by atoms with Gasteiger partial charge in [0, 0.05) is 6.07 Å². The Morgan fingerprint density at radius 1 is 1.31 bits per heavy atom. The molecule has 16 heavy (non-hydrogen) atoms. The van der Waals surface area contributed by atoms with E-state index in [0.717, 1.165) is 12.1 Å². The molecule has 0 bridgehead atoms. The molecule has 0 fully saturated rings. The first-order chi connectivity index (χ1) is 7.23. The van der Waals surface area contributed by atoms with Gasteiger partial charge in [-0.25, -0.2) is 8.78 Å². The van der Waals surface area contributed by atoms with E-state index in [1.54, 1.807) is 20.8 Å². The number of aliphatic hydroxyl groups excluding tert-OH is 1. The highest BCUT2D eigenvalue weighted by molar-refractivity contribution is 5.99. The maximum Gasteiger partial charge on any atom is 0.194 e. The largest absolute Gasteiger partial charge is 0.384 e. The number of aliphatic hydroxyl groups is 1. The summed E-state index contributed by atoms with van der Waals surface area (Å²) < 4.78 is 25.9. The molecular weight excluding hydrogens is 214 g/mol. The van der Waals surface area contributed by atoms with Crippen LogP contribution in [0.3, 0.4) is 0 Å². The lowest BCUT2D eigenvalue weighted by Crippen LogP contribution is -2.34. The van der Waals surface area contributed by atoms with E-state index < -0.39 is 28.9 Å². The van der Waals surface area contributed by atoms with Gasteiger partial charge in [-0.2, -0.15) is 0 Å². The maximum absolute atomic E-state index is 13.3. The zero-order chi connectivity index (χ0) is 12.5. The molecule has 1 rings (SSSR count). The van der Waals surface area contributed by atoms with Crippen molar-refractivity contribution in [3.8, 4) is 0 Å². The summed E-state index contributed by atoms with van der Waals surface area (Å²) in [5.41, 5.74) is -0.971. The molecule has 1 aromatic carbocycles. The van der Waals surface area contributed by atoms with Gasteiger partial charge in [0.25, 0.3) is 0 Å². The number of benzene rings is 1. The molecule has 4 heteroatoms. The molecule has 0 spiro atoms. The second kappa shape index (κ2) is 4.29. The van der Waals surface area contributed by atoms with Crippen LogP contribution in [0.1, 0.15) is 31.1 Å². The Kier molecular flexibility index (Phi) is 3.43. The Labute approximate surface area is 92.9 Å². The summed E-state index contributed by atoms with van der Waals surface area (Å²) >= 11 is 0. The van der Waals surface area contributed by atoms with Crippen molar-refractivity contribution in [1.82, 2.24) is 0 Å². The number of carbonyl (C=O) groups excluding carboxylic acids is 1. The van der Waals surface area contributed by atoms with Crippen molar-refractivity contribution in [1.29, 1.82) is 0 Å². The summed E-state index contributed by atoms with van der Waals surface area (Å²) in [4.78, 5) is 11.7. The van der Waals surface area contributed by atoms with E-state index in [1.807, 2.05) is 0 Å². The summed E-state index contributed by atoms with van der Waals surface area (Å²) in [5, 5.41) is 9.69. The van der Waals surface area contributed by atoms with Crippen molar-refractivity contribution in [2.75, 3.05) is 0 Å². The minimum absolute atomic E-state index is 0.288. The molecule has 0 heterocycles. The van der Waals surface area contributed by atoms with Crippen LogP contribution in [-0.2, 0) is 0 Å². The number of ketones is 1. The summed E-state index contributed by atoms with van der Waals surface area (Å²) in [6.45, 7) is 4.99. The standard InChI is InChI=1S/C12H14F2O2/c1-12(2,3)11(16)10(15)8-5-4-7(13)6-9(8)14/h4-6,11,16H,1-3H3. The van der Waals surface area contributed by atoms with Crippen LogP contribution in [0.25, 0.3) is 0 Å².